The van der Waals surface area contributed by atoms with E-state index in [0.717, 1.165) is 0 Å². The molecule has 1 rings (SSSR count). The number of nitrogens with zero attached hydrogens (tertiary/aromatic N) is 1. The summed E-state index contributed by atoms with van der Waals surface area (Å²) in [5.41, 5.74) is 0. The van der Waals surface area contributed by atoms with Crippen LogP contribution in [0.3, 0.4) is 0 Å². The summed E-state index contributed by atoms with van der Waals surface area (Å²) in [5, 5.41) is 2.56. The normalized spacial score (nSPS) is 20.1. The summed E-state index contributed by atoms with van der Waals surface area (Å²) < 4.78 is 4.72. The SMILES string of the molecule is C=C/C=C\N(C)C(=O)NC1CCOC1=O.[HH]. The van der Waals surface area contributed by atoms with Gasteiger partial charge in [0.15, 0.2) is 0 Å². The Kier molecular flexibility index (Phi) is 3.91. The van der Waals surface area contributed by atoms with E-state index in [1.807, 2.05) is 0 Å². The molecule has 0 saturated carbocycles. The van der Waals surface area contributed by atoms with Crippen LogP contribution in [-0.2, 0) is 9.53 Å². The number of cyclic esters (lactones) is 1. The molecule has 1 N–H and O–H groups in total. The van der Waals surface area contributed by atoms with Gasteiger partial charge in [0.1, 0.15) is 6.04 Å². The molecule has 84 valence electrons. The first kappa shape index (κ1) is 11.3. The van der Waals surface area contributed by atoms with Crippen molar-refractivity contribution in [1.29, 1.82) is 0 Å². The Hall–Kier alpha value is -1.78. The molecule has 1 aliphatic heterocycles. The molecule has 2 amide bonds. The van der Waals surface area contributed by atoms with Gasteiger partial charge in [-0.05, 0) is 6.08 Å². The molecule has 1 heterocycles. The Morgan fingerprint density at radius 3 is 3.07 bits per heavy atom. The van der Waals surface area contributed by atoms with Crippen molar-refractivity contribution in [2.24, 2.45) is 0 Å². The highest BCUT2D eigenvalue weighted by atomic mass is 16.5. The van der Waals surface area contributed by atoms with Gasteiger partial charge in [0.25, 0.3) is 0 Å². The van der Waals surface area contributed by atoms with Crippen LogP contribution in [0.1, 0.15) is 7.85 Å². The maximum absolute atomic E-state index is 11.5. The zero-order valence-electron chi connectivity index (χ0n) is 8.60. The number of carbonyl (C=O) groups is 2. The van der Waals surface area contributed by atoms with Crippen molar-refractivity contribution in [3.05, 3.63) is 24.9 Å². The van der Waals surface area contributed by atoms with Crippen molar-refractivity contribution in [3.8, 4) is 0 Å². The maximum Gasteiger partial charge on any atom is 0.328 e. The molecule has 5 heteroatoms. The molecule has 0 aromatic heterocycles. The Morgan fingerprint density at radius 2 is 2.53 bits per heavy atom. The highest BCUT2D eigenvalue weighted by Crippen LogP contribution is 2.05. The summed E-state index contributed by atoms with van der Waals surface area (Å²) >= 11 is 0. The third-order valence-corrected chi connectivity index (χ3v) is 2.00. The molecule has 1 saturated heterocycles. The van der Waals surface area contributed by atoms with Crippen molar-refractivity contribution in [1.82, 2.24) is 10.2 Å². The average molecular weight is 212 g/mol. The van der Waals surface area contributed by atoms with Crippen molar-refractivity contribution in [2.75, 3.05) is 13.7 Å². The Bertz CT molecular complexity index is 304. The minimum absolute atomic E-state index is 0. The fraction of sp³-hybridized carbons (Fsp3) is 0.400. The van der Waals surface area contributed by atoms with Crippen LogP contribution in [0.2, 0.25) is 0 Å². The third-order valence-electron chi connectivity index (χ3n) is 2.00. The minimum Gasteiger partial charge on any atom is -0.464 e. The summed E-state index contributed by atoms with van der Waals surface area (Å²) in [7, 11) is 1.59. The second-order valence-corrected chi connectivity index (χ2v) is 3.15. The number of nitrogens with one attached hydrogen (secondary N) is 1. The Balaban J connectivity index is 0.00000225. The number of ether oxygens (including phenoxy) is 1. The zero-order chi connectivity index (χ0) is 11.3. The van der Waals surface area contributed by atoms with Crippen LogP contribution in [0.15, 0.2) is 24.9 Å². The second-order valence-electron chi connectivity index (χ2n) is 3.15. The molecule has 0 spiro atoms. The van der Waals surface area contributed by atoms with Gasteiger partial charge >= 0.3 is 12.0 Å². The third kappa shape index (κ3) is 3.12. The maximum atomic E-state index is 11.5. The summed E-state index contributed by atoms with van der Waals surface area (Å²) in [6.45, 7) is 3.86. The molecule has 0 radical (unpaired) electrons. The molecule has 15 heavy (non-hydrogen) atoms. The lowest BCUT2D eigenvalue weighted by Gasteiger charge is -2.15. The summed E-state index contributed by atoms with van der Waals surface area (Å²) in [6, 6.07) is -0.853. The van der Waals surface area contributed by atoms with Crippen LogP contribution in [0.5, 0.6) is 0 Å². The van der Waals surface area contributed by atoms with Crippen molar-refractivity contribution < 1.29 is 15.8 Å². The number of hydrogen-bond donors (Lipinski definition) is 1. The number of carbonyl (C=O) groups excluding carboxylic acids is 2. The predicted molar refractivity (Wildman–Crippen MR) is 57.1 cm³/mol. The molecule has 1 atom stereocenters. The fourth-order valence-electron chi connectivity index (χ4n) is 1.14. The van der Waals surface area contributed by atoms with Crippen molar-refractivity contribution in [3.63, 3.8) is 0 Å². The van der Waals surface area contributed by atoms with E-state index in [1.54, 1.807) is 25.4 Å². The van der Waals surface area contributed by atoms with Gasteiger partial charge < -0.3 is 15.0 Å². The smallest absolute Gasteiger partial charge is 0.328 e. The average Bonchev–Trinajstić information content (AvgIpc) is 2.61. The van der Waals surface area contributed by atoms with Gasteiger partial charge in [-0.25, -0.2) is 9.59 Å². The van der Waals surface area contributed by atoms with Gasteiger partial charge in [-0.1, -0.05) is 12.7 Å². The van der Waals surface area contributed by atoms with Crippen LogP contribution in [0, 0.1) is 0 Å². The van der Waals surface area contributed by atoms with Crippen LogP contribution in [0.25, 0.3) is 0 Å². The van der Waals surface area contributed by atoms with E-state index in [2.05, 4.69) is 11.9 Å². The molecule has 1 unspecified atom stereocenters. The first-order valence-electron chi connectivity index (χ1n) is 4.64. The summed E-state index contributed by atoms with van der Waals surface area (Å²) in [4.78, 5) is 23.9. The largest absolute Gasteiger partial charge is 0.464 e. The fourth-order valence-corrected chi connectivity index (χ4v) is 1.14. The molecule has 1 fully saturated rings. The molecule has 5 nitrogen and oxygen atoms in total. The summed E-state index contributed by atoms with van der Waals surface area (Å²) in [5.74, 6) is -0.371. The lowest BCUT2D eigenvalue weighted by Crippen LogP contribution is -2.43. The molecule has 0 aromatic rings. The number of urea groups is 1. The minimum atomic E-state index is -0.517. The number of esters is 1. The quantitative estimate of drug-likeness (QED) is 0.558. The van der Waals surface area contributed by atoms with E-state index >= 15 is 0 Å². The van der Waals surface area contributed by atoms with E-state index in [4.69, 9.17) is 4.74 Å². The van der Waals surface area contributed by atoms with Crippen LogP contribution >= 0.6 is 0 Å². The second kappa shape index (κ2) is 5.19. The van der Waals surface area contributed by atoms with Gasteiger partial charge in [-0.3, -0.25) is 0 Å². The van der Waals surface area contributed by atoms with Crippen LogP contribution < -0.4 is 5.32 Å². The van der Waals surface area contributed by atoms with E-state index in [9.17, 15) is 9.59 Å². The number of hydrogen-bond acceptors (Lipinski definition) is 3. The molecular formula is C10H16N2O3. The number of allylic oxidation sites excluding steroid dienone is 2. The van der Waals surface area contributed by atoms with Gasteiger partial charge in [0.2, 0.25) is 0 Å². The molecule has 0 aromatic carbocycles. The highest BCUT2D eigenvalue weighted by molar-refractivity contribution is 5.84. The first-order chi connectivity index (χ1) is 7.15. The molecule has 0 aliphatic carbocycles. The van der Waals surface area contributed by atoms with E-state index in [-0.39, 0.29) is 13.4 Å². The molecule has 1 aliphatic rings. The van der Waals surface area contributed by atoms with Gasteiger partial charge in [-0.2, -0.15) is 0 Å². The Labute approximate surface area is 89.9 Å². The van der Waals surface area contributed by atoms with Crippen LogP contribution in [0.4, 0.5) is 4.79 Å². The summed E-state index contributed by atoms with van der Waals surface area (Å²) in [6.07, 6.45) is 5.28. The van der Waals surface area contributed by atoms with E-state index in [1.165, 1.54) is 4.90 Å². The van der Waals surface area contributed by atoms with E-state index in [0.29, 0.717) is 13.0 Å². The van der Waals surface area contributed by atoms with E-state index < -0.39 is 6.04 Å². The monoisotopic (exact) mass is 212 g/mol. The number of amides is 2. The van der Waals surface area contributed by atoms with Gasteiger partial charge in [0, 0.05) is 21.1 Å². The van der Waals surface area contributed by atoms with Crippen molar-refractivity contribution in [2.45, 2.75) is 12.5 Å². The van der Waals surface area contributed by atoms with Crippen LogP contribution in [-0.4, -0.2) is 36.6 Å². The lowest BCUT2D eigenvalue weighted by atomic mass is 10.2. The number of rotatable bonds is 3. The van der Waals surface area contributed by atoms with Gasteiger partial charge in [-0.15, -0.1) is 0 Å². The molecular weight excluding hydrogens is 196 g/mol. The first-order valence-corrected chi connectivity index (χ1v) is 4.64. The zero-order valence-corrected chi connectivity index (χ0v) is 8.60. The standard InChI is InChI=1S/C10H14N2O3.H2/c1-3-4-6-12(2)10(14)11-8-5-7-15-9(8)13;/h3-4,6,8H,1,5,7H2,2H3,(H,11,14);1H/b6-4-;. The Morgan fingerprint density at radius 1 is 1.80 bits per heavy atom. The topological polar surface area (TPSA) is 58.6 Å². The van der Waals surface area contributed by atoms with Crippen molar-refractivity contribution >= 4 is 12.0 Å². The van der Waals surface area contributed by atoms with Gasteiger partial charge in [0.05, 0.1) is 6.61 Å². The highest BCUT2D eigenvalue weighted by Gasteiger charge is 2.28. The lowest BCUT2D eigenvalue weighted by molar-refractivity contribution is -0.139. The molecule has 0 bridgehead atoms. The predicted octanol–water partition coefficient (Wildman–Crippen LogP) is 0.889.